The molecule has 0 saturated heterocycles. The molecule has 0 bridgehead atoms. The number of carbonyl (C=O) groups excluding carboxylic acids is 6. The van der Waals surface area contributed by atoms with Crippen LogP contribution >= 0.6 is 0 Å². The van der Waals surface area contributed by atoms with Gasteiger partial charge < -0.3 is 39.8 Å². The summed E-state index contributed by atoms with van der Waals surface area (Å²) in [5.41, 5.74) is 7.45. The van der Waals surface area contributed by atoms with Gasteiger partial charge in [-0.1, -0.05) is 24.3 Å². The van der Waals surface area contributed by atoms with Crippen LogP contribution in [0.5, 0.6) is 5.75 Å². The van der Waals surface area contributed by atoms with Gasteiger partial charge in [-0.25, -0.2) is 24.0 Å². The number of nitrogen functional groups attached to an aromatic ring is 1. The SMILES string of the molecule is COC(=O)/C(OC(C)=O)=C(/C)OC(C)=O.COC(=O)c1nc2[nH]c3ccccc3n2c(=O)c1O.Nc1nc2ccccc2[nH]1.O=C=O. The van der Waals surface area contributed by atoms with Gasteiger partial charge in [-0.15, -0.1) is 0 Å². The van der Waals surface area contributed by atoms with E-state index in [0.29, 0.717) is 17.0 Å². The highest BCUT2D eigenvalue weighted by molar-refractivity contribution is 5.91. The van der Waals surface area contributed by atoms with Crippen LogP contribution in [0.25, 0.3) is 27.8 Å². The molecule has 0 aliphatic rings. The minimum absolute atomic E-state index is 0.121. The number of aromatic hydroxyl groups is 1. The van der Waals surface area contributed by atoms with E-state index in [2.05, 4.69) is 38.9 Å². The Morgan fingerprint density at radius 3 is 1.98 bits per heavy atom. The average molecular weight is 653 g/mol. The van der Waals surface area contributed by atoms with Crippen LogP contribution in [0.3, 0.4) is 0 Å². The smallest absolute Gasteiger partial charge is 0.377 e. The summed E-state index contributed by atoms with van der Waals surface area (Å²) < 4.78 is 19.2. The summed E-state index contributed by atoms with van der Waals surface area (Å²) >= 11 is 0. The molecule has 0 atom stereocenters. The van der Waals surface area contributed by atoms with Crippen LogP contribution in [0.2, 0.25) is 0 Å². The second-order valence-electron chi connectivity index (χ2n) is 8.69. The summed E-state index contributed by atoms with van der Waals surface area (Å²) in [6, 6.07) is 14.8. The number of aromatic amines is 2. The molecule has 3 heterocycles. The molecule has 5 rings (SSSR count). The van der Waals surface area contributed by atoms with E-state index in [0.717, 1.165) is 39.1 Å². The van der Waals surface area contributed by atoms with E-state index in [1.807, 2.05) is 24.3 Å². The maximum atomic E-state index is 12.1. The molecule has 0 fully saturated rings. The van der Waals surface area contributed by atoms with Crippen molar-refractivity contribution in [1.29, 1.82) is 0 Å². The summed E-state index contributed by atoms with van der Waals surface area (Å²) in [4.78, 5) is 86.0. The number of hydrogen-bond donors (Lipinski definition) is 4. The molecule has 5 aromatic rings. The number of methoxy groups -OCH3 is 2. The summed E-state index contributed by atoms with van der Waals surface area (Å²) in [7, 11) is 2.27. The Hall–Kier alpha value is -6.81. The zero-order valence-electron chi connectivity index (χ0n) is 25.5. The van der Waals surface area contributed by atoms with Gasteiger partial charge in [0.05, 0.1) is 36.3 Å². The number of nitrogens with zero attached hydrogens (tertiary/aromatic N) is 3. The molecule has 5 N–H and O–H groups in total. The minimum Gasteiger partial charge on any atom is -0.501 e. The van der Waals surface area contributed by atoms with Crippen LogP contribution in [0.4, 0.5) is 5.95 Å². The van der Waals surface area contributed by atoms with E-state index in [1.54, 1.807) is 24.3 Å². The van der Waals surface area contributed by atoms with Crippen molar-refractivity contribution < 1.29 is 52.8 Å². The molecular weight excluding hydrogens is 624 g/mol. The number of esters is 4. The third kappa shape index (κ3) is 9.59. The normalized spacial score (nSPS) is 10.4. The Bertz CT molecular complexity index is 2020. The number of ether oxygens (including phenoxy) is 4. The topological polar surface area (TPSA) is 264 Å². The second kappa shape index (κ2) is 16.9. The van der Waals surface area contributed by atoms with E-state index < -0.39 is 46.6 Å². The molecule has 0 spiro atoms. The molecule has 47 heavy (non-hydrogen) atoms. The Kier molecular flexibility index (Phi) is 13.1. The van der Waals surface area contributed by atoms with E-state index in [4.69, 9.17) is 15.3 Å². The summed E-state index contributed by atoms with van der Waals surface area (Å²) in [6.45, 7) is 3.59. The van der Waals surface area contributed by atoms with Crippen LogP contribution < -0.4 is 11.3 Å². The van der Waals surface area contributed by atoms with Gasteiger partial charge >= 0.3 is 35.6 Å². The van der Waals surface area contributed by atoms with Crippen LogP contribution in [0.1, 0.15) is 31.3 Å². The quantitative estimate of drug-likeness (QED) is 0.0932. The molecule has 18 heteroatoms. The Morgan fingerprint density at radius 2 is 1.43 bits per heavy atom. The zero-order valence-corrected chi connectivity index (χ0v) is 25.5. The van der Waals surface area contributed by atoms with E-state index >= 15 is 0 Å². The van der Waals surface area contributed by atoms with Gasteiger partial charge in [0.15, 0.2) is 17.4 Å². The third-order valence-electron chi connectivity index (χ3n) is 5.47. The number of rotatable bonds is 4. The van der Waals surface area contributed by atoms with Gasteiger partial charge in [-0.2, -0.15) is 9.59 Å². The van der Waals surface area contributed by atoms with Gasteiger partial charge in [0.1, 0.15) is 0 Å². The van der Waals surface area contributed by atoms with Crippen molar-refractivity contribution in [3.63, 3.8) is 0 Å². The van der Waals surface area contributed by atoms with E-state index in [9.17, 15) is 29.1 Å². The highest BCUT2D eigenvalue weighted by Crippen LogP contribution is 2.17. The van der Waals surface area contributed by atoms with Crippen LogP contribution in [-0.4, -0.2) is 73.7 Å². The lowest BCUT2D eigenvalue weighted by atomic mass is 10.3. The lowest BCUT2D eigenvalue weighted by molar-refractivity contribution is -0.191. The number of nitrogens with one attached hydrogen (secondary N) is 2. The Morgan fingerprint density at radius 1 is 0.851 bits per heavy atom. The lowest BCUT2D eigenvalue weighted by Crippen LogP contribution is -2.18. The van der Waals surface area contributed by atoms with Gasteiger partial charge in [-0.3, -0.25) is 14.4 Å². The van der Waals surface area contributed by atoms with Crippen molar-refractivity contribution in [1.82, 2.24) is 24.3 Å². The molecule has 3 aromatic heterocycles. The molecule has 2 aromatic carbocycles. The van der Waals surface area contributed by atoms with Crippen molar-refractivity contribution >= 4 is 63.8 Å². The fourth-order valence-electron chi connectivity index (χ4n) is 3.68. The van der Waals surface area contributed by atoms with Crippen LogP contribution in [0, 0.1) is 0 Å². The Balaban J connectivity index is 0.000000245. The minimum atomic E-state index is -0.885. The average Bonchev–Trinajstić information content (AvgIpc) is 3.60. The molecular formula is C29H28N6O12. The van der Waals surface area contributed by atoms with Gasteiger partial charge in [-0.05, 0) is 31.2 Å². The fraction of sp³-hybridized carbons (Fsp3) is 0.172. The van der Waals surface area contributed by atoms with E-state index in [1.165, 1.54) is 11.3 Å². The van der Waals surface area contributed by atoms with Gasteiger partial charge in [0.25, 0.3) is 5.76 Å². The number of aromatic nitrogens is 5. The highest BCUT2D eigenvalue weighted by atomic mass is 16.6. The summed E-state index contributed by atoms with van der Waals surface area (Å²) in [6.07, 6.45) is 0.250. The first-order valence-electron chi connectivity index (χ1n) is 13.0. The van der Waals surface area contributed by atoms with Gasteiger partial charge in [0.2, 0.25) is 11.5 Å². The lowest BCUT2D eigenvalue weighted by Gasteiger charge is -2.08. The molecule has 0 aliphatic carbocycles. The Labute approximate surface area is 263 Å². The van der Waals surface area contributed by atoms with Crippen LogP contribution in [0.15, 0.2) is 64.8 Å². The molecule has 246 valence electrons. The number of carbonyl (C=O) groups is 4. The maximum Gasteiger partial charge on any atom is 0.377 e. The fourth-order valence-corrected chi connectivity index (χ4v) is 3.68. The molecule has 0 radical (unpaired) electrons. The number of hydrogen-bond acceptors (Lipinski definition) is 15. The first-order chi connectivity index (χ1) is 22.3. The zero-order chi connectivity index (χ0) is 35.3. The summed E-state index contributed by atoms with van der Waals surface area (Å²) in [5.74, 6) is -3.72. The molecule has 18 nitrogen and oxygen atoms in total. The van der Waals surface area contributed by atoms with E-state index in [-0.39, 0.29) is 17.7 Å². The second-order valence-corrected chi connectivity index (χ2v) is 8.69. The standard InChI is InChI=1S/C12H9N3O4.C9H12O6.C7H7N3.CO2/c1-19-11(18)8-9(16)10(17)15-7-5-3-2-4-6(7)13-12(15)14-8;1-5(14-6(2)10)8(9(12)13-4)15-7(3)11;8-7-9-5-3-1-2-4-6(5)10-7;2-1-3/h2-5,16H,1H3,(H,13,14);1-4H3;1-4H,(H3,8,9,10);/b;8-5+;;. The highest BCUT2D eigenvalue weighted by Gasteiger charge is 2.21. The summed E-state index contributed by atoms with van der Waals surface area (Å²) in [5, 5.41) is 9.76. The monoisotopic (exact) mass is 652 g/mol. The van der Waals surface area contributed by atoms with Crippen LogP contribution in [-0.2, 0) is 42.9 Å². The first kappa shape index (κ1) is 36.4. The number of para-hydroxylation sites is 4. The third-order valence-corrected chi connectivity index (χ3v) is 5.47. The molecule has 0 saturated carbocycles. The first-order valence-corrected chi connectivity index (χ1v) is 13.0. The predicted octanol–water partition coefficient (Wildman–Crippen LogP) is 1.75. The number of imidazole rings is 2. The number of nitrogens with two attached hydrogens (primary N) is 1. The predicted molar refractivity (Wildman–Crippen MR) is 160 cm³/mol. The number of anilines is 1. The largest absolute Gasteiger partial charge is 0.501 e. The number of allylic oxidation sites excluding steroid dienone is 1. The molecule has 0 aliphatic heterocycles. The van der Waals surface area contributed by atoms with Gasteiger partial charge in [0, 0.05) is 13.8 Å². The molecule has 0 unspecified atom stereocenters. The van der Waals surface area contributed by atoms with Crippen molar-refractivity contribution in [3.8, 4) is 5.75 Å². The number of H-pyrrole nitrogens is 2. The van der Waals surface area contributed by atoms with Crippen molar-refractivity contribution in [2.45, 2.75) is 20.8 Å². The van der Waals surface area contributed by atoms with Crippen molar-refractivity contribution in [2.24, 2.45) is 0 Å². The maximum absolute atomic E-state index is 12.1. The number of fused-ring (bicyclic) bond motifs is 4. The van der Waals surface area contributed by atoms with Crippen molar-refractivity contribution in [2.75, 3.05) is 20.0 Å². The molecule has 0 amide bonds. The number of benzene rings is 2. The van der Waals surface area contributed by atoms with Crippen molar-refractivity contribution in [3.05, 3.63) is 76.1 Å².